The molecule has 1 aromatic heterocycles. The second kappa shape index (κ2) is 7.68. The molecule has 3 aromatic rings. The Bertz CT molecular complexity index is 972. The molecule has 0 radical (unpaired) electrons. The molecule has 0 saturated carbocycles. The van der Waals surface area contributed by atoms with E-state index in [9.17, 15) is 4.39 Å². The lowest BCUT2D eigenvalue weighted by molar-refractivity contribution is 0.315. The van der Waals surface area contributed by atoms with Crippen molar-refractivity contribution in [3.8, 4) is 17.0 Å². The number of ether oxygens (including phenoxy) is 1. The van der Waals surface area contributed by atoms with Crippen LogP contribution in [-0.2, 0) is 0 Å². The first-order valence-electron chi connectivity index (χ1n) is 8.17. The average Bonchev–Trinajstić information content (AvgIpc) is 2.94. The van der Waals surface area contributed by atoms with E-state index in [0.717, 1.165) is 33.4 Å². The van der Waals surface area contributed by atoms with Crippen LogP contribution in [0.15, 0.2) is 60.8 Å². The second-order valence-electron chi connectivity index (χ2n) is 5.83. The molecule has 0 aliphatic heterocycles. The van der Waals surface area contributed by atoms with Crippen molar-refractivity contribution < 1.29 is 9.13 Å². The molecule has 0 fully saturated rings. The standard InChI is InChI=1S/C21H17FN2O.ClH/c22-15-7-8-18-16-5-1-2-6-17(16)19(20(18)13-15)12-14-4-3-10-24-21(14)25-11-9-23;/h1-8,10,12-13H,9,11,23H2;1H. The molecular formula is C21H18ClFN2O. The van der Waals surface area contributed by atoms with E-state index in [1.807, 2.05) is 36.4 Å². The molecule has 1 aliphatic rings. The summed E-state index contributed by atoms with van der Waals surface area (Å²) in [6, 6.07) is 16.8. The Labute approximate surface area is 157 Å². The number of nitrogens with zero attached hydrogens (tertiary/aromatic N) is 1. The lowest BCUT2D eigenvalue weighted by Gasteiger charge is -2.08. The smallest absolute Gasteiger partial charge is 0.220 e. The maximum absolute atomic E-state index is 13.9. The number of hydrogen-bond donors (Lipinski definition) is 1. The molecule has 3 nitrogen and oxygen atoms in total. The Kier molecular flexibility index (Phi) is 5.35. The van der Waals surface area contributed by atoms with E-state index >= 15 is 0 Å². The van der Waals surface area contributed by atoms with Crippen molar-refractivity contribution in [1.82, 2.24) is 4.98 Å². The zero-order valence-corrected chi connectivity index (χ0v) is 14.8. The normalized spacial score (nSPS) is 13.1. The maximum atomic E-state index is 13.9. The zero-order chi connectivity index (χ0) is 17.2. The van der Waals surface area contributed by atoms with Gasteiger partial charge in [-0.2, -0.15) is 0 Å². The molecule has 0 atom stereocenters. The van der Waals surface area contributed by atoms with Crippen LogP contribution in [0.1, 0.15) is 16.7 Å². The molecular weight excluding hydrogens is 351 g/mol. The van der Waals surface area contributed by atoms with Crippen LogP contribution in [0.5, 0.6) is 5.88 Å². The SMILES string of the molecule is Cl.NCCOc1ncccc1C=C1c2ccccc2-c2ccc(F)cc21. The fraction of sp³-hybridized carbons (Fsp3) is 0.0952. The second-order valence-corrected chi connectivity index (χ2v) is 5.83. The number of benzene rings is 2. The van der Waals surface area contributed by atoms with Crippen molar-refractivity contribution in [3.63, 3.8) is 0 Å². The van der Waals surface area contributed by atoms with Crippen LogP contribution in [0, 0.1) is 5.82 Å². The van der Waals surface area contributed by atoms with Crippen LogP contribution < -0.4 is 10.5 Å². The highest BCUT2D eigenvalue weighted by molar-refractivity contribution is 6.06. The molecule has 1 aliphatic carbocycles. The quantitative estimate of drug-likeness (QED) is 0.575. The number of halogens is 2. The molecule has 2 N–H and O–H groups in total. The molecule has 4 rings (SSSR count). The third-order valence-corrected chi connectivity index (χ3v) is 4.24. The third-order valence-electron chi connectivity index (χ3n) is 4.24. The summed E-state index contributed by atoms with van der Waals surface area (Å²) in [5.74, 6) is 0.283. The van der Waals surface area contributed by atoms with Crippen molar-refractivity contribution in [2.24, 2.45) is 5.73 Å². The van der Waals surface area contributed by atoms with E-state index < -0.39 is 0 Å². The van der Waals surface area contributed by atoms with Gasteiger partial charge in [0.1, 0.15) is 12.4 Å². The van der Waals surface area contributed by atoms with Gasteiger partial charge < -0.3 is 10.5 Å². The van der Waals surface area contributed by atoms with Gasteiger partial charge in [0.15, 0.2) is 0 Å². The fourth-order valence-corrected chi connectivity index (χ4v) is 3.17. The van der Waals surface area contributed by atoms with Crippen molar-refractivity contribution in [2.45, 2.75) is 0 Å². The van der Waals surface area contributed by atoms with Crippen molar-refractivity contribution in [2.75, 3.05) is 13.2 Å². The van der Waals surface area contributed by atoms with E-state index in [0.29, 0.717) is 19.0 Å². The van der Waals surface area contributed by atoms with Crippen LogP contribution in [0.3, 0.4) is 0 Å². The number of nitrogens with two attached hydrogens (primary N) is 1. The van der Waals surface area contributed by atoms with Crippen molar-refractivity contribution in [1.29, 1.82) is 0 Å². The van der Waals surface area contributed by atoms with E-state index in [1.54, 1.807) is 12.3 Å². The van der Waals surface area contributed by atoms with E-state index in [2.05, 4.69) is 17.1 Å². The van der Waals surface area contributed by atoms with Gasteiger partial charge >= 0.3 is 0 Å². The highest BCUT2D eigenvalue weighted by Crippen LogP contribution is 2.45. The minimum absolute atomic E-state index is 0. The highest BCUT2D eigenvalue weighted by Gasteiger charge is 2.23. The zero-order valence-electron chi connectivity index (χ0n) is 14.0. The van der Waals surface area contributed by atoms with Gasteiger partial charge in [0.2, 0.25) is 5.88 Å². The molecule has 5 heteroatoms. The summed E-state index contributed by atoms with van der Waals surface area (Å²) < 4.78 is 19.5. The molecule has 2 aromatic carbocycles. The highest BCUT2D eigenvalue weighted by atomic mass is 35.5. The lowest BCUT2D eigenvalue weighted by atomic mass is 10.0. The van der Waals surface area contributed by atoms with Gasteiger partial charge in [0, 0.05) is 18.3 Å². The monoisotopic (exact) mass is 368 g/mol. The number of rotatable bonds is 4. The number of aromatic nitrogens is 1. The lowest BCUT2D eigenvalue weighted by Crippen LogP contribution is -2.11. The average molecular weight is 369 g/mol. The van der Waals surface area contributed by atoms with Gasteiger partial charge in [-0.1, -0.05) is 30.3 Å². The number of pyridine rings is 1. The third kappa shape index (κ3) is 3.21. The molecule has 1 heterocycles. The number of fused-ring (bicyclic) bond motifs is 3. The molecule has 0 saturated heterocycles. The van der Waals surface area contributed by atoms with Crippen LogP contribution in [0.4, 0.5) is 4.39 Å². The van der Waals surface area contributed by atoms with Crippen LogP contribution in [0.2, 0.25) is 0 Å². The first-order chi connectivity index (χ1) is 12.3. The van der Waals surface area contributed by atoms with Crippen LogP contribution >= 0.6 is 12.4 Å². The van der Waals surface area contributed by atoms with E-state index in [-0.39, 0.29) is 18.2 Å². The minimum Gasteiger partial charge on any atom is -0.476 e. The minimum atomic E-state index is -0.247. The van der Waals surface area contributed by atoms with Gasteiger partial charge in [-0.25, -0.2) is 9.37 Å². The summed E-state index contributed by atoms with van der Waals surface area (Å²) in [5, 5.41) is 0. The largest absolute Gasteiger partial charge is 0.476 e. The van der Waals surface area contributed by atoms with Crippen LogP contribution in [0.25, 0.3) is 22.8 Å². The molecule has 0 bridgehead atoms. The summed E-state index contributed by atoms with van der Waals surface area (Å²) >= 11 is 0. The fourth-order valence-electron chi connectivity index (χ4n) is 3.17. The molecule has 26 heavy (non-hydrogen) atoms. The van der Waals surface area contributed by atoms with Gasteiger partial charge in [-0.15, -0.1) is 12.4 Å². The first-order valence-corrected chi connectivity index (χ1v) is 8.17. The maximum Gasteiger partial charge on any atom is 0.220 e. The molecule has 0 unspecified atom stereocenters. The Morgan fingerprint density at radius 2 is 1.73 bits per heavy atom. The predicted octanol–water partition coefficient (Wildman–Crippen LogP) is 4.55. The Balaban J connectivity index is 0.00000196. The molecule has 0 spiro atoms. The van der Waals surface area contributed by atoms with Crippen molar-refractivity contribution in [3.05, 3.63) is 83.3 Å². The van der Waals surface area contributed by atoms with Gasteiger partial charge in [-0.3, -0.25) is 0 Å². The molecule has 0 amide bonds. The topological polar surface area (TPSA) is 48.1 Å². The summed E-state index contributed by atoms with van der Waals surface area (Å²) in [7, 11) is 0. The number of hydrogen-bond acceptors (Lipinski definition) is 3. The summed E-state index contributed by atoms with van der Waals surface area (Å²) in [5.41, 5.74) is 11.4. The molecule has 132 valence electrons. The van der Waals surface area contributed by atoms with E-state index in [4.69, 9.17) is 10.5 Å². The summed E-state index contributed by atoms with van der Waals surface area (Å²) in [4.78, 5) is 4.29. The van der Waals surface area contributed by atoms with Crippen molar-refractivity contribution >= 4 is 24.1 Å². The Hall–Kier alpha value is -2.69. The predicted molar refractivity (Wildman–Crippen MR) is 105 cm³/mol. The summed E-state index contributed by atoms with van der Waals surface area (Å²) in [6.45, 7) is 0.818. The first kappa shape index (κ1) is 18.1. The summed E-state index contributed by atoms with van der Waals surface area (Å²) in [6.07, 6.45) is 3.69. The van der Waals surface area contributed by atoms with Crippen LogP contribution in [-0.4, -0.2) is 18.1 Å². The Morgan fingerprint density at radius 1 is 0.962 bits per heavy atom. The van der Waals surface area contributed by atoms with Gasteiger partial charge in [0.05, 0.1) is 0 Å². The van der Waals surface area contributed by atoms with Gasteiger partial charge in [0.25, 0.3) is 0 Å². The van der Waals surface area contributed by atoms with E-state index in [1.165, 1.54) is 6.07 Å². The van der Waals surface area contributed by atoms with Gasteiger partial charge in [-0.05, 0) is 58.2 Å². The Morgan fingerprint density at radius 3 is 2.54 bits per heavy atom.